The standard InChI is InChI=1S/C18H24N4O/c1-21-17(7-10-20-21)15-8-11-22(12-9-15)18(23)13-16(19)14-5-3-2-4-6-14/h2-7,10,15-16H,8-9,11-13,19H2,1H3/t16-/m0/s1. The minimum Gasteiger partial charge on any atom is -0.343 e. The van der Waals surface area contributed by atoms with Crippen LogP contribution in [0.15, 0.2) is 42.6 Å². The van der Waals surface area contributed by atoms with Crippen LogP contribution in [-0.2, 0) is 11.8 Å². The predicted molar refractivity (Wildman–Crippen MR) is 89.8 cm³/mol. The quantitative estimate of drug-likeness (QED) is 0.941. The summed E-state index contributed by atoms with van der Waals surface area (Å²) in [5, 5.41) is 4.24. The average molecular weight is 312 g/mol. The Hall–Kier alpha value is -2.14. The van der Waals surface area contributed by atoms with Crippen LogP contribution in [0.25, 0.3) is 0 Å². The number of carbonyl (C=O) groups is 1. The van der Waals surface area contributed by atoms with Crippen LogP contribution in [0.1, 0.15) is 42.5 Å². The molecule has 1 atom stereocenters. The molecule has 5 nitrogen and oxygen atoms in total. The maximum Gasteiger partial charge on any atom is 0.224 e. The molecule has 1 fully saturated rings. The van der Waals surface area contributed by atoms with Crippen LogP contribution in [0.4, 0.5) is 0 Å². The van der Waals surface area contributed by atoms with Gasteiger partial charge in [-0.25, -0.2) is 0 Å². The van der Waals surface area contributed by atoms with Gasteiger partial charge in [0.1, 0.15) is 0 Å². The lowest BCUT2D eigenvalue weighted by Crippen LogP contribution is -2.39. The zero-order chi connectivity index (χ0) is 16.2. The Kier molecular flexibility index (Phi) is 4.76. The summed E-state index contributed by atoms with van der Waals surface area (Å²) in [6.45, 7) is 1.60. The molecule has 2 N–H and O–H groups in total. The molecule has 1 aromatic heterocycles. The molecule has 1 saturated heterocycles. The Morgan fingerprint density at radius 1 is 1.26 bits per heavy atom. The number of aromatic nitrogens is 2. The molecule has 2 aromatic rings. The summed E-state index contributed by atoms with van der Waals surface area (Å²) in [7, 11) is 1.98. The molecule has 0 saturated carbocycles. The summed E-state index contributed by atoms with van der Waals surface area (Å²) in [6.07, 6.45) is 4.20. The van der Waals surface area contributed by atoms with Crippen molar-refractivity contribution in [2.45, 2.75) is 31.2 Å². The van der Waals surface area contributed by atoms with E-state index in [4.69, 9.17) is 5.73 Å². The summed E-state index contributed by atoms with van der Waals surface area (Å²) in [4.78, 5) is 14.4. The van der Waals surface area contributed by atoms with Crippen molar-refractivity contribution < 1.29 is 4.79 Å². The van der Waals surface area contributed by atoms with E-state index in [0.717, 1.165) is 31.5 Å². The second-order valence-corrected chi connectivity index (χ2v) is 6.26. The number of piperidine rings is 1. The first-order valence-electron chi connectivity index (χ1n) is 8.21. The minimum absolute atomic E-state index is 0.157. The molecule has 0 unspecified atom stereocenters. The van der Waals surface area contributed by atoms with Crippen molar-refractivity contribution in [1.82, 2.24) is 14.7 Å². The highest BCUT2D eigenvalue weighted by atomic mass is 16.2. The molecule has 0 spiro atoms. The number of nitrogens with zero attached hydrogens (tertiary/aromatic N) is 3. The monoisotopic (exact) mass is 312 g/mol. The topological polar surface area (TPSA) is 64.2 Å². The molecule has 1 aromatic carbocycles. The number of nitrogens with two attached hydrogens (primary N) is 1. The number of aryl methyl sites for hydroxylation is 1. The zero-order valence-electron chi connectivity index (χ0n) is 13.6. The van der Waals surface area contributed by atoms with Crippen molar-refractivity contribution >= 4 is 5.91 Å². The zero-order valence-corrected chi connectivity index (χ0v) is 13.6. The highest BCUT2D eigenvalue weighted by molar-refractivity contribution is 5.77. The van der Waals surface area contributed by atoms with Gasteiger partial charge in [0.15, 0.2) is 0 Å². The summed E-state index contributed by atoms with van der Waals surface area (Å²) < 4.78 is 1.94. The third-order valence-electron chi connectivity index (χ3n) is 4.75. The minimum atomic E-state index is -0.224. The first-order valence-corrected chi connectivity index (χ1v) is 8.21. The largest absolute Gasteiger partial charge is 0.343 e. The van der Waals surface area contributed by atoms with E-state index < -0.39 is 0 Å². The molecule has 0 aliphatic carbocycles. The van der Waals surface area contributed by atoms with Gasteiger partial charge < -0.3 is 10.6 Å². The number of hydrogen-bond donors (Lipinski definition) is 1. The van der Waals surface area contributed by atoms with E-state index in [1.165, 1.54) is 5.69 Å². The van der Waals surface area contributed by atoms with Crippen LogP contribution in [0.2, 0.25) is 0 Å². The SMILES string of the molecule is Cn1nccc1C1CCN(C(=O)C[C@H](N)c2ccccc2)CC1. The maximum absolute atomic E-state index is 12.5. The van der Waals surface area contributed by atoms with E-state index in [0.29, 0.717) is 12.3 Å². The molecule has 1 aliphatic heterocycles. The lowest BCUT2D eigenvalue weighted by Gasteiger charge is -2.32. The van der Waals surface area contributed by atoms with E-state index in [9.17, 15) is 4.79 Å². The summed E-state index contributed by atoms with van der Waals surface area (Å²) in [5.41, 5.74) is 8.45. The van der Waals surface area contributed by atoms with Crippen molar-refractivity contribution in [1.29, 1.82) is 0 Å². The molecule has 0 bridgehead atoms. The van der Waals surface area contributed by atoms with Crippen LogP contribution >= 0.6 is 0 Å². The van der Waals surface area contributed by atoms with Crippen molar-refractivity contribution in [3.8, 4) is 0 Å². The summed E-state index contributed by atoms with van der Waals surface area (Å²) in [6, 6.07) is 11.7. The van der Waals surface area contributed by atoms with E-state index in [2.05, 4.69) is 11.2 Å². The Bertz CT molecular complexity index is 644. The molecule has 2 heterocycles. The van der Waals surface area contributed by atoms with E-state index in [-0.39, 0.29) is 11.9 Å². The molecule has 23 heavy (non-hydrogen) atoms. The van der Waals surface area contributed by atoms with E-state index in [1.807, 2.05) is 53.2 Å². The summed E-state index contributed by atoms with van der Waals surface area (Å²) in [5.74, 6) is 0.652. The predicted octanol–water partition coefficient (Wildman–Crippen LogP) is 2.22. The third kappa shape index (κ3) is 3.62. The second kappa shape index (κ2) is 6.96. The van der Waals surface area contributed by atoms with Gasteiger partial charge in [-0.3, -0.25) is 9.48 Å². The Balaban J connectivity index is 1.53. The van der Waals surface area contributed by atoms with Gasteiger partial charge in [0.05, 0.1) is 0 Å². The fourth-order valence-corrected chi connectivity index (χ4v) is 3.34. The molecule has 1 aliphatic rings. The van der Waals surface area contributed by atoms with Gasteiger partial charge in [0, 0.05) is 50.4 Å². The number of amides is 1. The Morgan fingerprint density at radius 3 is 2.57 bits per heavy atom. The van der Waals surface area contributed by atoms with E-state index >= 15 is 0 Å². The van der Waals surface area contributed by atoms with Crippen LogP contribution < -0.4 is 5.73 Å². The number of rotatable bonds is 4. The fourth-order valence-electron chi connectivity index (χ4n) is 3.34. The van der Waals surface area contributed by atoms with Crippen molar-refractivity contribution in [3.05, 3.63) is 53.9 Å². The highest BCUT2D eigenvalue weighted by Gasteiger charge is 2.26. The van der Waals surface area contributed by atoms with Gasteiger partial charge in [0.25, 0.3) is 0 Å². The van der Waals surface area contributed by atoms with Gasteiger partial charge in [-0.1, -0.05) is 30.3 Å². The summed E-state index contributed by atoms with van der Waals surface area (Å²) >= 11 is 0. The van der Waals surface area contributed by atoms with Crippen LogP contribution in [0.5, 0.6) is 0 Å². The number of carbonyl (C=O) groups excluding carboxylic acids is 1. The Labute approximate surface area is 137 Å². The molecular formula is C18H24N4O. The number of likely N-dealkylation sites (tertiary alicyclic amines) is 1. The van der Waals surface area contributed by atoms with E-state index in [1.54, 1.807) is 0 Å². The number of benzene rings is 1. The first kappa shape index (κ1) is 15.7. The lowest BCUT2D eigenvalue weighted by molar-refractivity contribution is -0.132. The molecule has 122 valence electrons. The van der Waals surface area contributed by atoms with Gasteiger partial charge in [0.2, 0.25) is 5.91 Å². The van der Waals surface area contributed by atoms with Gasteiger partial charge in [-0.2, -0.15) is 5.10 Å². The second-order valence-electron chi connectivity index (χ2n) is 6.26. The fraction of sp³-hybridized carbons (Fsp3) is 0.444. The van der Waals surface area contributed by atoms with Gasteiger partial charge in [-0.15, -0.1) is 0 Å². The lowest BCUT2D eigenvalue weighted by atomic mass is 9.93. The van der Waals surface area contributed by atoms with Crippen LogP contribution in [0.3, 0.4) is 0 Å². The van der Waals surface area contributed by atoms with Crippen molar-refractivity contribution in [3.63, 3.8) is 0 Å². The molecule has 0 radical (unpaired) electrons. The molecule has 1 amide bonds. The molecule has 5 heteroatoms. The average Bonchev–Trinajstić information content (AvgIpc) is 3.02. The normalized spacial score (nSPS) is 17.2. The first-order chi connectivity index (χ1) is 11.1. The molecular weight excluding hydrogens is 288 g/mol. The van der Waals surface area contributed by atoms with Crippen LogP contribution in [0, 0.1) is 0 Å². The van der Waals surface area contributed by atoms with Crippen LogP contribution in [-0.4, -0.2) is 33.7 Å². The van der Waals surface area contributed by atoms with Crippen molar-refractivity contribution in [2.24, 2.45) is 12.8 Å². The molecule has 3 rings (SSSR count). The Morgan fingerprint density at radius 2 is 1.96 bits per heavy atom. The maximum atomic E-state index is 12.5. The van der Waals surface area contributed by atoms with Gasteiger partial charge >= 0.3 is 0 Å². The van der Waals surface area contributed by atoms with Crippen molar-refractivity contribution in [2.75, 3.05) is 13.1 Å². The smallest absolute Gasteiger partial charge is 0.224 e. The number of hydrogen-bond acceptors (Lipinski definition) is 3. The van der Waals surface area contributed by atoms with Gasteiger partial charge in [-0.05, 0) is 24.5 Å². The highest BCUT2D eigenvalue weighted by Crippen LogP contribution is 2.28. The third-order valence-corrected chi connectivity index (χ3v) is 4.75.